The third-order valence-electron chi connectivity index (χ3n) is 2.99. The predicted molar refractivity (Wildman–Crippen MR) is 90.4 cm³/mol. The molecule has 1 aromatic carbocycles. The number of rotatable bonds is 7. The van der Waals surface area contributed by atoms with Gasteiger partial charge in [0.1, 0.15) is 0 Å². The summed E-state index contributed by atoms with van der Waals surface area (Å²) >= 11 is 1.90. The molecule has 0 aliphatic rings. The van der Waals surface area contributed by atoms with Gasteiger partial charge >= 0.3 is 0 Å². The zero-order valence-electron chi connectivity index (χ0n) is 12.5. The van der Waals surface area contributed by atoms with Gasteiger partial charge in [0, 0.05) is 23.2 Å². The highest BCUT2D eigenvalue weighted by atomic mass is 32.2. The molecule has 0 unspecified atom stereocenters. The van der Waals surface area contributed by atoms with Gasteiger partial charge in [-0.1, -0.05) is 32.4 Å². The van der Waals surface area contributed by atoms with Crippen molar-refractivity contribution in [1.82, 2.24) is 9.97 Å². The van der Waals surface area contributed by atoms with Gasteiger partial charge in [0.15, 0.2) is 0 Å². The zero-order valence-corrected chi connectivity index (χ0v) is 13.3. The number of hydrogen-bond donors (Lipinski definition) is 2. The van der Waals surface area contributed by atoms with Gasteiger partial charge in [-0.2, -0.15) is 11.8 Å². The predicted octanol–water partition coefficient (Wildman–Crippen LogP) is 3.72. The minimum atomic E-state index is -0.119. The summed E-state index contributed by atoms with van der Waals surface area (Å²) in [7, 11) is 0. The van der Waals surface area contributed by atoms with E-state index >= 15 is 0 Å². The van der Waals surface area contributed by atoms with Gasteiger partial charge in [0.05, 0.1) is 0 Å². The van der Waals surface area contributed by atoms with Crippen LogP contribution >= 0.6 is 11.8 Å². The van der Waals surface area contributed by atoms with Crippen LogP contribution in [-0.4, -0.2) is 15.7 Å². The van der Waals surface area contributed by atoms with Crippen molar-refractivity contribution in [1.29, 1.82) is 0 Å². The summed E-state index contributed by atoms with van der Waals surface area (Å²) < 4.78 is 0. The van der Waals surface area contributed by atoms with Crippen LogP contribution in [-0.2, 0) is 12.2 Å². The van der Waals surface area contributed by atoms with E-state index in [1.807, 2.05) is 23.9 Å². The molecule has 0 aliphatic carbocycles. The van der Waals surface area contributed by atoms with Crippen molar-refractivity contribution >= 4 is 23.4 Å². The van der Waals surface area contributed by atoms with Gasteiger partial charge < -0.3 is 5.32 Å². The van der Waals surface area contributed by atoms with Gasteiger partial charge in [-0.15, -0.1) is 0 Å². The molecule has 0 saturated carbocycles. The molecule has 0 saturated heterocycles. The quantitative estimate of drug-likeness (QED) is 0.818. The van der Waals surface area contributed by atoms with Gasteiger partial charge in [-0.3, -0.25) is 9.78 Å². The number of H-pyrrole nitrogens is 1. The van der Waals surface area contributed by atoms with Crippen molar-refractivity contribution in [3.8, 4) is 0 Å². The van der Waals surface area contributed by atoms with Crippen LogP contribution in [0.3, 0.4) is 0 Å². The van der Waals surface area contributed by atoms with E-state index in [1.54, 1.807) is 6.07 Å². The van der Waals surface area contributed by atoms with Crippen LogP contribution < -0.4 is 10.9 Å². The Morgan fingerprint density at radius 1 is 1.24 bits per heavy atom. The Kier molecular flexibility index (Phi) is 5.87. The van der Waals surface area contributed by atoms with Crippen molar-refractivity contribution in [3.63, 3.8) is 0 Å². The van der Waals surface area contributed by atoms with Crippen molar-refractivity contribution < 1.29 is 0 Å². The highest BCUT2D eigenvalue weighted by Crippen LogP contribution is 2.17. The molecule has 1 heterocycles. The lowest BCUT2D eigenvalue weighted by molar-refractivity contribution is 0.870. The molecular formula is C16H21N3OS. The highest BCUT2D eigenvalue weighted by Gasteiger charge is 2.02. The second-order valence-corrected chi connectivity index (χ2v) is 6.07. The standard InChI is InChI=1S/C16H21N3OS/c1-3-5-14-10-15(20)19-16(18-14)17-13-8-6-12(7-9-13)11-21-4-2/h6-10H,3-5,11H2,1-2H3,(H2,17,18,19,20). The number of thioether (sulfide) groups is 1. The zero-order chi connectivity index (χ0) is 15.1. The van der Waals surface area contributed by atoms with Crippen LogP contribution in [0.2, 0.25) is 0 Å². The first-order chi connectivity index (χ1) is 10.2. The number of benzene rings is 1. The molecule has 2 rings (SSSR count). The summed E-state index contributed by atoms with van der Waals surface area (Å²) in [5, 5.41) is 3.15. The minimum Gasteiger partial charge on any atom is -0.326 e. The fourth-order valence-corrected chi connectivity index (χ4v) is 2.62. The lowest BCUT2D eigenvalue weighted by atomic mass is 10.2. The number of aromatic nitrogens is 2. The second-order valence-electron chi connectivity index (χ2n) is 4.79. The molecule has 21 heavy (non-hydrogen) atoms. The van der Waals surface area contributed by atoms with Gasteiger partial charge in [-0.05, 0) is 29.9 Å². The molecule has 0 atom stereocenters. The van der Waals surface area contributed by atoms with Crippen LogP contribution in [0, 0.1) is 0 Å². The van der Waals surface area contributed by atoms with Crippen molar-refractivity contribution in [2.75, 3.05) is 11.1 Å². The number of hydrogen-bond acceptors (Lipinski definition) is 4. The maximum atomic E-state index is 11.6. The molecule has 2 N–H and O–H groups in total. The van der Waals surface area contributed by atoms with E-state index in [9.17, 15) is 4.79 Å². The first-order valence-electron chi connectivity index (χ1n) is 7.25. The first-order valence-corrected chi connectivity index (χ1v) is 8.40. The van der Waals surface area contributed by atoms with Gasteiger partial charge in [-0.25, -0.2) is 4.98 Å². The first kappa shape index (κ1) is 15.6. The maximum absolute atomic E-state index is 11.6. The van der Waals surface area contributed by atoms with Crippen LogP contribution in [0.1, 0.15) is 31.5 Å². The van der Waals surface area contributed by atoms with Gasteiger partial charge in [0.25, 0.3) is 5.56 Å². The average molecular weight is 303 g/mol. The molecule has 2 aromatic rings. The lowest BCUT2D eigenvalue weighted by Gasteiger charge is -2.08. The number of nitrogens with zero attached hydrogens (tertiary/aromatic N) is 1. The van der Waals surface area contributed by atoms with E-state index < -0.39 is 0 Å². The molecule has 5 heteroatoms. The normalized spacial score (nSPS) is 10.6. The van der Waals surface area contributed by atoms with E-state index in [-0.39, 0.29) is 5.56 Å². The van der Waals surface area contributed by atoms with Crippen LogP contribution in [0.5, 0.6) is 0 Å². The maximum Gasteiger partial charge on any atom is 0.252 e. The van der Waals surface area contributed by atoms with Crippen LogP contribution in [0.4, 0.5) is 11.6 Å². The molecule has 112 valence electrons. The Morgan fingerprint density at radius 2 is 2.00 bits per heavy atom. The Morgan fingerprint density at radius 3 is 2.67 bits per heavy atom. The highest BCUT2D eigenvalue weighted by molar-refractivity contribution is 7.98. The van der Waals surface area contributed by atoms with E-state index in [2.05, 4.69) is 41.3 Å². The van der Waals surface area contributed by atoms with Gasteiger partial charge in [0.2, 0.25) is 5.95 Å². The summed E-state index contributed by atoms with van der Waals surface area (Å²) in [4.78, 5) is 18.8. The average Bonchev–Trinajstić information content (AvgIpc) is 2.46. The summed E-state index contributed by atoms with van der Waals surface area (Å²) in [6.45, 7) is 4.23. The minimum absolute atomic E-state index is 0.119. The van der Waals surface area contributed by atoms with Crippen LogP contribution in [0.15, 0.2) is 35.1 Å². The third-order valence-corrected chi connectivity index (χ3v) is 3.94. The molecule has 0 spiro atoms. The largest absolute Gasteiger partial charge is 0.326 e. The molecule has 0 aliphatic heterocycles. The Labute approximate surface area is 129 Å². The van der Waals surface area contributed by atoms with E-state index in [1.165, 1.54) is 5.56 Å². The number of nitrogens with one attached hydrogen (secondary N) is 2. The Balaban J connectivity index is 2.08. The topological polar surface area (TPSA) is 57.8 Å². The molecule has 1 aromatic heterocycles. The van der Waals surface area contributed by atoms with Crippen molar-refractivity contribution in [3.05, 3.63) is 51.9 Å². The molecule has 0 bridgehead atoms. The fourth-order valence-electron chi connectivity index (χ4n) is 1.99. The summed E-state index contributed by atoms with van der Waals surface area (Å²) in [5.74, 6) is 2.65. The summed E-state index contributed by atoms with van der Waals surface area (Å²) in [5.41, 5.74) is 2.93. The molecule has 0 amide bonds. The molecule has 0 fully saturated rings. The van der Waals surface area contributed by atoms with E-state index in [4.69, 9.17) is 0 Å². The summed E-state index contributed by atoms with van der Waals surface area (Å²) in [6, 6.07) is 9.77. The number of aryl methyl sites for hydroxylation is 1. The van der Waals surface area contributed by atoms with E-state index in [0.29, 0.717) is 5.95 Å². The molecule has 0 radical (unpaired) electrons. The smallest absolute Gasteiger partial charge is 0.252 e. The summed E-state index contributed by atoms with van der Waals surface area (Å²) in [6.07, 6.45) is 1.78. The Hall–Kier alpha value is -1.75. The number of anilines is 2. The second kappa shape index (κ2) is 7.88. The lowest BCUT2D eigenvalue weighted by Crippen LogP contribution is -2.12. The fraction of sp³-hybridized carbons (Fsp3) is 0.375. The number of aromatic amines is 1. The monoisotopic (exact) mass is 303 g/mol. The van der Waals surface area contributed by atoms with Crippen molar-refractivity contribution in [2.24, 2.45) is 0 Å². The SMILES string of the molecule is CCCc1cc(=O)[nH]c(Nc2ccc(CSCC)cc2)n1. The van der Waals surface area contributed by atoms with Crippen LogP contribution in [0.25, 0.3) is 0 Å². The van der Waals surface area contributed by atoms with Crippen molar-refractivity contribution in [2.45, 2.75) is 32.4 Å². The molecule has 4 nitrogen and oxygen atoms in total. The third kappa shape index (κ3) is 4.93. The molecular weight excluding hydrogens is 282 g/mol. The Bertz CT molecular complexity index is 622. The van der Waals surface area contributed by atoms with E-state index in [0.717, 1.165) is 35.7 Å².